The molecule has 0 amide bonds. The van der Waals surface area contributed by atoms with Crippen LogP contribution in [0, 0.1) is 24.4 Å². The lowest BCUT2D eigenvalue weighted by molar-refractivity contribution is -0.160. The largest absolute Gasteiger partial charge is 0.479 e. The SMILES string of the molecule is Cc1nc2c(ccn2Cc2ccc(F)c(F)c2)c(-c2ccc(F)cc2)c1[C@H](OC(C)(C)C)C(=O)O. The van der Waals surface area contributed by atoms with E-state index in [1.54, 1.807) is 56.7 Å². The number of aryl methyl sites for hydroxylation is 1. The molecule has 8 heteroatoms. The van der Waals surface area contributed by atoms with E-state index in [1.165, 1.54) is 18.2 Å². The molecule has 2 aromatic carbocycles. The molecule has 5 nitrogen and oxygen atoms in total. The summed E-state index contributed by atoms with van der Waals surface area (Å²) < 4.78 is 48.6. The highest BCUT2D eigenvalue weighted by Gasteiger charge is 2.32. The average Bonchev–Trinajstić information content (AvgIpc) is 3.16. The Morgan fingerprint density at radius 1 is 1.06 bits per heavy atom. The number of carbonyl (C=O) groups is 1. The summed E-state index contributed by atoms with van der Waals surface area (Å²) in [7, 11) is 0. The summed E-state index contributed by atoms with van der Waals surface area (Å²) in [5.74, 6) is -3.47. The summed E-state index contributed by atoms with van der Waals surface area (Å²) >= 11 is 0. The normalized spacial score (nSPS) is 12.8. The van der Waals surface area contributed by atoms with Gasteiger partial charge in [-0.05, 0) is 69.2 Å². The van der Waals surface area contributed by atoms with Crippen molar-refractivity contribution in [3.05, 3.63) is 89.0 Å². The number of carboxylic acid groups (broad SMARTS) is 1. The van der Waals surface area contributed by atoms with E-state index in [-0.39, 0.29) is 6.54 Å². The molecule has 0 aliphatic rings. The first kappa shape index (κ1) is 24.5. The minimum absolute atomic E-state index is 0.218. The zero-order valence-electron chi connectivity index (χ0n) is 19.8. The van der Waals surface area contributed by atoms with Crippen molar-refractivity contribution in [1.29, 1.82) is 0 Å². The lowest BCUT2D eigenvalue weighted by Gasteiger charge is -2.28. The molecular weight excluding hydrogens is 457 g/mol. The van der Waals surface area contributed by atoms with Gasteiger partial charge in [-0.2, -0.15) is 0 Å². The lowest BCUT2D eigenvalue weighted by Crippen LogP contribution is -2.28. The molecule has 1 atom stereocenters. The van der Waals surface area contributed by atoms with Crippen molar-refractivity contribution in [1.82, 2.24) is 9.55 Å². The first-order valence-electron chi connectivity index (χ1n) is 11.0. The summed E-state index contributed by atoms with van der Waals surface area (Å²) in [5.41, 5.74) is 2.27. The van der Waals surface area contributed by atoms with Gasteiger partial charge in [-0.25, -0.2) is 22.9 Å². The van der Waals surface area contributed by atoms with Crippen LogP contribution < -0.4 is 0 Å². The molecule has 0 aliphatic heterocycles. The lowest BCUT2D eigenvalue weighted by atomic mass is 9.92. The number of benzene rings is 2. The summed E-state index contributed by atoms with van der Waals surface area (Å²) in [4.78, 5) is 17.0. The van der Waals surface area contributed by atoms with Crippen LogP contribution in [-0.2, 0) is 16.1 Å². The number of fused-ring (bicyclic) bond motifs is 1. The Kier molecular flexibility index (Phi) is 6.42. The van der Waals surface area contributed by atoms with Crippen molar-refractivity contribution in [2.75, 3.05) is 0 Å². The predicted molar refractivity (Wildman–Crippen MR) is 127 cm³/mol. The monoisotopic (exact) mass is 482 g/mol. The molecule has 0 saturated heterocycles. The predicted octanol–water partition coefficient (Wildman–Crippen LogP) is 6.42. The third-order valence-corrected chi connectivity index (χ3v) is 5.56. The number of nitrogens with zero attached hydrogens (tertiary/aromatic N) is 2. The molecule has 2 heterocycles. The van der Waals surface area contributed by atoms with Crippen LogP contribution >= 0.6 is 0 Å². The second-order valence-corrected chi connectivity index (χ2v) is 9.37. The molecule has 0 saturated carbocycles. The standard InChI is InChI=1S/C27H25F3N2O3/c1-15-22(24(26(33)34)35-27(2,3)4)23(17-6-8-18(28)9-7-17)19-11-12-32(25(19)31-15)14-16-5-10-20(29)21(30)13-16/h5-13,24H,14H2,1-4H3,(H,33,34)/t24-/m0/s1. The van der Waals surface area contributed by atoms with Crippen LogP contribution in [0.5, 0.6) is 0 Å². The van der Waals surface area contributed by atoms with E-state index in [9.17, 15) is 23.1 Å². The van der Waals surface area contributed by atoms with Gasteiger partial charge in [0.2, 0.25) is 0 Å². The topological polar surface area (TPSA) is 64.4 Å². The van der Waals surface area contributed by atoms with Crippen LogP contribution in [0.1, 0.15) is 43.7 Å². The van der Waals surface area contributed by atoms with Crippen LogP contribution in [0.15, 0.2) is 54.7 Å². The Hall–Kier alpha value is -3.65. The van der Waals surface area contributed by atoms with Gasteiger partial charge in [0, 0.05) is 34.9 Å². The summed E-state index contributed by atoms with van der Waals surface area (Å²) in [6.07, 6.45) is 0.428. The zero-order valence-corrected chi connectivity index (χ0v) is 19.8. The highest BCUT2D eigenvalue weighted by Crippen LogP contribution is 2.39. The second-order valence-electron chi connectivity index (χ2n) is 9.37. The molecule has 1 N–H and O–H groups in total. The fraction of sp³-hybridized carbons (Fsp3) is 0.259. The molecule has 0 aliphatic carbocycles. The molecule has 4 rings (SSSR count). The van der Waals surface area contributed by atoms with Crippen molar-refractivity contribution < 1.29 is 27.8 Å². The third kappa shape index (κ3) is 5.07. The van der Waals surface area contributed by atoms with Crippen LogP contribution in [0.4, 0.5) is 13.2 Å². The van der Waals surface area contributed by atoms with Gasteiger partial charge in [0.25, 0.3) is 0 Å². The number of pyridine rings is 1. The second kappa shape index (κ2) is 9.19. The van der Waals surface area contributed by atoms with Crippen LogP contribution in [0.2, 0.25) is 0 Å². The Balaban J connectivity index is 1.95. The number of aliphatic carboxylic acids is 1. The molecule has 0 spiro atoms. The van der Waals surface area contributed by atoms with Crippen molar-refractivity contribution in [3.8, 4) is 11.1 Å². The van der Waals surface area contributed by atoms with Gasteiger partial charge in [0.1, 0.15) is 11.5 Å². The van der Waals surface area contributed by atoms with Gasteiger partial charge >= 0.3 is 5.97 Å². The fourth-order valence-electron chi connectivity index (χ4n) is 4.13. The molecule has 4 aromatic rings. The Labute approximate surface area is 200 Å². The molecule has 182 valence electrons. The summed E-state index contributed by atoms with van der Waals surface area (Å²) in [6.45, 7) is 7.20. The maximum Gasteiger partial charge on any atom is 0.337 e. The van der Waals surface area contributed by atoms with E-state index in [1.807, 2.05) is 0 Å². The van der Waals surface area contributed by atoms with Crippen molar-refractivity contribution >= 4 is 17.0 Å². The highest BCUT2D eigenvalue weighted by atomic mass is 19.2. The first-order chi connectivity index (χ1) is 16.4. The van der Waals surface area contributed by atoms with Crippen LogP contribution in [0.3, 0.4) is 0 Å². The Bertz CT molecular complexity index is 1410. The van der Waals surface area contributed by atoms with Crippen molar-refractivity contribution in [2.45, 2.75) is 45.9 Å². The summed E-state index contributed by atoms with van der Waals surface area (Å²) in [5, 5.41) is 10.7. The first-order valence-corrected chi connectivity index (χ1v) is 11.0. The van der Waals surface area contributed by atoms with E-state index in [2.05, 4.69) is 4.98 Å². The van der Waals surface area contributed by atoms with E-state index >= 15 is 0 Å². The van der Waals surface area contributed by atoms with Gasteiger partial charge in [0.15, 0.2) is 17.7 Å². The zero-order chi connectivity index (χ0) is 25.5. The molecule has 0 radical (unpaired) electrons. The maximum atomic E-state index is 13.8. The van der Waals surface area contributed by atoms with E-state index < -0.39 is 35.1 Å². The molecular formula is C27H25F3N2O3. The molecule has 2 aromatic heterocycles. The number of hydrogen-bond donors (Lipinski definition) is 1. The minimum Gasteiger partial charge on any atom is -0.479 e. The third-order valence-electron chi connectivity index (χ3n) is 5.56. The highest BCUT2D eigenvalue weighted by molar-refractivity contribution is 5.97. The van der Waals surface area contributed by atoms with Gasteiger partial charge < -0.3 is 14.4 Å². The molecule has 0 fully saturated rings. The average molecular weight is 483 g/mol. The molecule has 0 unspecified atom stereocenters. The smallest absolute Gasteiger partial charge is 0.337 e. The van der Waals surface area contributed by atoms with Crippen LogP contribution in [-0.4, -0.2) is 26.2 Å². The fourth-order valence-corrected chi connectivity index (χ4v) is 4.13. The van der Waals surface area contributed by atoms with Crippen molar-refractivity contribution in [3.63, 3.8) is 0 Å². The molecule has 0 bridgehead atoms. The number of ether oxygens (including phenoxy) is 1. The van der Waals surface area contributed by atoms with Gasteiger partial charge in [-0.15, -0.1) is 0 Å². The van der Waals surface area contributed by atoms with Crippen molar-refractivity contribution in [2.24, 2.45) is 0 Å². The van der Waals surface area contributed by atoms with E-state index in [0.29, 0.717) is 39.0 Å². The van der Waals surface area contributed by atoms with Gasteiger partial charge in [-0.1, -0.05) is 18.2 Å². The number of hydrogen-bond acceptors (Lipinski definition) is 3. The maximum absolute atomic E-state index is 13.8. The quantitative estimate of drug-likeness (QED) is 0.345. The van der Waals surface area contributed by atoms with Gasteiger partial charge in [-0.3, -0.25) is 0 Å². The van der Waals surface area contributed by atoms with E-state index in [0.717, 1.165) is 12.1 Å². The number of rotatable bonds is 6. The summed E-state index contributed by atoms with van der Waals surface area (Å²) in [6, 6.07) is 11.2. The Morgan fingerprint density at radius 3 is 2.34 bits per heavy atom. The Morgan fingerprint density at radius 2 is 1.74 bits per heavy atom. The molecule has 35 heavy (non-hydrogen) atoms. The number of aromatic nitrogens is 2. The number of carboxylic acids is 1. The number of halogens is 3. The minimum atomic E-state index is -1.32. The van der Waals surface area contributed by atoms with Crippen LogP contribution in [0.25, 0.3) is 22.2 Å². The van der Waals surface area contributed by atoms with Gasteiger partial charge in [0.05, 0.1) is 5.60 Å². The van der Waals surface area contributed by atoms with E-state index in [4.69, 9.17) is 4.74 Å².